The second-order valence-corrected chi connectivity index (χ2v) is 5.31. The molecule has 0 aliphatic carbocycles. The zero-order chi connectivity index (χ0) is 17.3. The van der Waals surface area contributed by atoms with E-state index in [1.807, 2.05) is 0 Å². The van der Waals surface area contributed by atoms with Gasteiger partial charge in [0, 0.05) is 13.3 Å². The summed E-state index contributed by atoms with van der Waals surface area (Å²) in [6.07, 6.45) is 0.444. The molecule has 0 spiro atoms. The van der Waals surface area contributed by atoms with Gasteiger partial charge >= 0.3 is 0 Å². The normalized spacial score (nSPS) is 11.0. The molecule has 0 radical (unpaired) electrons. The summed E-state index contributed by atoms with van der Waals surface area (Å²) in [5.41, 5.74) is 1.82. The highest BCUT2D eigenvalue weighted by Crippen LogP contribution is 2.21. The van der Waals surface area contributed by atoms with Crippen molar-refractivity contribution >= 4 is 22.7 Å². The third-order valence-electron chi connectivity index (χ3n) is 3.51. The van der Waals surface area contributed by atoms with Crippen LogP contribution in [-0.2, 0) is 11.2 Å². The molecule has 2 aromatic carbocycles. The summed E-state index contributed by atoms with van der Waals surface area (Å²) in [4.78, 5) is 16.1. The van der Waals surface area contributed by atoms with Crippen LogP contribution in [-0.4, -0.2) is 10.9 Å². The van der Waals surface area contributed by atoms with Crippen LogP contribution in [0.25, 0.3) is 11.1 Å². The SMILES string of the molecule is Cc1nc2cc(CCC(=O)Nc3ccc(F)c(F)c3F)ccc2o1. The Hall–Kier alpha value is -2.83. The minimum Gasteiger partial charge on any atom is -0.441 e. The predicted octanol–water partition coefficient (Wildman–Crippen LogP) is 4.12. The maximum absolute atomic E-state index is 13.5. The average molecular weight is 334 g/mol. The van der Waals surface area contributed by atoms with Crippen LogP contribution in [0.4, 0.5) is 18.9 Å². The Balaban J connectivity index is 1.65. The van der Waals surface area contributed by atoms with Crippen LogP contribution < -0.4 is 5.32 Å². The second-order valence-electron chi connectivity index (χ2n) is 5.31. The first-order valence-corrected chi connectivity index (χ1v) is 7.23. The number of amides is 1. The van der Waals surface area contributed by atoms with Crippen molar-refractivity contribution in [2.45, 2.75) is 19.8 Å². The van der Waals surface area contributed by atoms with E-state index in [1.165, 1.54) is 0 Å². The molecular formula is C17H13F3N2O2. The van der Waals surface area contributed by atoms with E-state index in [-0.39, 0.29) is 12.1 Å². The molecule has 3 aromatic rings. The van der Waals surface area contributed by atoms with Crippen molar-refractivity contribution in [1.82, 2.24) is 4.98 Å². The quantitative estimate of drug-likeness (QED) is 0.730. The molecule has 1 amide bonds. The van der Waals surface area contributed by atoms with E-state index in [0.29, 0.717) is 23.4 Å². The van der Waals surface area contributed by atoms with Crippen molar-refractivity contribution in [1.29, 1.82) is 0 Å². The summed E-state index contributed by atoms with van der Waals surface area (Å²) in [6.45, 7) is 1.74. The van der Waals surface area contributed by atoms with Gasteiger partial charge in [-0.25, -0.2) is 18.2 Å². The minimum absolute atomic E-state index is 0.0563. The van der Waals surface area contributed by atoms with Gasteiger partial charge in [0.15, 0.2) is 28.9 Å². The zero-order valence-corrected chi connectivity index (χ0v) is 12.7. The highest BCUT2D eigenvalue weighted by atomic mass is 19.2. The number of carbonyl (C=O) groups is 1. The van der Waals surface area contributed by atoms with Gasteiger partial charge in [0.25, 0.3) is 0 Å². The number of oxazole rings is 1. The van der Waals surface area contributed by atoms with E-state index in [4.69, 9.17) is 4.42 Å². The number of fused-ring (bicyclic) bond motifs is 1. The Bertz CT molecular complexity index is 922. The fraction of sp³-hybridized carbons (Fsp3) is 0.176. The zero-order valence-electron chi connectivity index (χ0n) is 12.7. The first kappa shape index (κ1) is 16.0. The topological polar surface area (TPSA) is 55.1 Å². The molecule has 4 nitrogen and oxygen atoms in total. The lowest BCUT2D eigenvalue weighted by Crippen LogP contribution is -2.14. The van der Waals surface area contributed by atoms with E-state index in [1.54, 1.807) is 25.1 Å². The second kappa shape index (κ2) is 6.35. The number of hydrogen-bond acceptors (Lipinski definition) is 3. The molecule has 0 atom stereocenters. The summed E-state index contributed by atoms with van der Waals surface area (Å²) >= 11 is 0. The Morgan fingerprint density at radius 1 is 1.17 bits per heavy atom. The molecule has 124 valence electrons. The Morgan fingerprint density at radius 3 is 2.75 bits per heavy atom. The molecule has 0 fully saturated rings. The number of aromatic nitrogens is 1. The van der Waals surface area contributed by atoms with Crippen molar-refractivity contribution < 1.29 is 22.4 Å². The first-order valence-electron chi connectivity index (χ1n) is 7.23. The smallest absolute Gasteiger partial charge is 0.224 e. The maximum Gasteiger partial charge on any atom is 0.224 e. The Kier molecular flexibility index (Phi) is 4.24. The number of anilines is 1. The predicted molar refractivity (Wildman–Crippen MR) is 82.0 cm³/mol. The monoisotopic (exact) mass is 334 g/mol. The molecule has 1 heterocycles. The van der Waals surface area contributed by atoms with Crippen LogP contribution in [0.5, 0.6) is 0 Å². The van der Waals surface area contributed by atoms with Crippen molar-refractivity contribution in [3.05, 3.63) is 59.2 Å². The number of benzene rings is 2. The molecule has 24 heavy (non-hydrogen) atoms. The fourth-order valence-corrected chi connectivity index (χ4v) is 2.34. The number of hydrogen-bond donors (Lipinski definition) is 1. The molecule has 0 bridgehead atoms. The van der Waals surface area contributed by atoms with Gasteiger partial charge in [-0.15, -0.1) is 0 Å². The molecule has 0 saturated carbocycles. The van der Waals surface area contributed by atoms with Crippen LogP contribution in [0.15, 0.2) is 34.7 Å². The molecular weight excluding hydrogens is 321 g/mol. The van der Waals surface area contributed by atoms with Gasteiger partial charge in [-0.2, -0.15) is 0 Å². The minimum atomic E-state index is -1.61. The summed E-state index contributed by atoms with van der Waals surface area (Å²) in [7, 11) is 0. The third-order valence-corrected chi connectivity index (χ3v) is 3.51. The van der Waals surface area contributed by atoms with E-state index in [0.717, 1.165) is 17.7 Å². The standard InChI is InChI=1S/C17H13F3N2O2/c1-9-21-13-8-10(2-6-14(13)24-9)3-7-15(23)22-12-5-4-11(18)16(19)17(12)20/h2,4-6,8H,3,7H2,1H3,(H,22,23). The van der Waals surface area contributed by atoms with Crippen LogP contribution in [0.2, 0.25) is 0 Å². The van der Waals surface area contributed by atoms with E-state index < -0.39 is 23.4 Å². The molecule has 0 saturated heterocycles. The first-order chi connectivity index (χ1) is 11.4. The number of aryl methyl sites for hydroxylation is 2. The summed E-state index contributed by atoms with van der Waals surface area (Å²) in [6, 6.07) is 7.11. The van der Waals surface area contributed by atoms with Gasteiger partial charge in [0.2, 0.25) is 5.91 Å². The Morgan fingerprint density at radius 2 is 1.96 bits per heavy atom. The molecule has 0 aliphatic rings. The van der Waals surface area contributed by atoms with Crippen molar-refractivity contribution in [2.75, 3.05) is 5.32 Å². The number of nitrogens with zero attached hydrogens (tertiary/aromatic N) is 1. The van der Waals surface area contributed by atoms with Gasteiger partial charge in [0.05, 0.1) is 5.69 Å². The highest BCUT2D eigenvalue weighted by molar-refractivity contribution is 5.91. The molecule has 0 unspecified atom stereocenters. The molecule has 0 aliphatic heterocycles. The van der Waals surface area contributed by atoms with Gasteiger partial charge in [0.1, 0.15) is 5.52 Å². The number of halogens is 3. The van der Waals surface area contributed by atoms with Gasteiger partial charge < -0.3 is 9.73 Å². The van der Waals surface area contributed by atoms with Gasteiger partial charge in [-0.3, -0.25) is 4.79 Å². The van der Waals surface area contributed by atoms with Crippen molar-refractivity contribution in [3.63, 3.8) is 0 Å². The summed E-state index contributed by atoms with van der Waals surface area (Å²) in [5, 5.41) is 2.24. The maximum atomic E-state index is 13.5. The molecule has 7 heteroatoms. The van der Waals surface area contributed by atoms with E-state index in [2.05, 4.69) is 10.3 Å². The molecule has 1 N–H and O–H groups in total. The van der Waals surface area contributed by atoms with Crippen LogP contribution in [0, 0.1) is 24.4 Å². The fourth-order valence-electron chi connectivity index (χ4n) is 2.34. The van der Waals surface area contributed by atoms with Crippen LogP contribution in [0.3, 0.4) is 0 Å². The molecule has 1 aromatic heterocycles. The number of rotatable bonds is 4. The highest BCUT2D eigenvalue weighted by Gasteiger charge is 2.15. The summed E-state index contributed by atoms with van der Waals surface area (Å²) < 4.78 is 44.9. The lowest BCUT2D eigenvalue weighted by atomic mass is 10.1. The van der Waals surface area contributed by atoms with Crippen molar-refractivity contribution in [2.24, 2.45) is 0 Å². The van der Waals surface area contributed by atoms with Gasteiger partial charge in [-0.05, 0) is 36.2 Å². The lowest BCUT2D eigenvalue weighted by molar-refractivity contribution is -0.116. The number of nitrogens with one attached hydrogen (secondary N) is 1. The van der Waals surface area contributed by atoms with Gasteiger partial charge in [-0.1, -0.05) is 6.07 Å². The lowest BCUT2D eigenvalue weighted by Gasteiger charge is -2.07. The number of carbonyl (C=O) groups excluding carboxylic acids is 1. The third kappa shape index (κ3) is 3.24. The molecule has 3 rings (SSSR count). The van der Waals surface area contributed by atoms with Crippen molar-refractivity contribution in [3.8, 4) is 0 Å². The average Bonchev–Trinajstić information content (AvgIpc) is 2.93. The van der Waals surface area contributed by atoms with E-state index >= 15 is 0 Å². The largest absolute Gasteiger partial charge is 0.441 e. The van der Waals surface area contributed by atoms with Crippen LogP contribution in [0.1, 0.15) is 17.9 Å². The summed E-state index contributed by atoms with van der Waals surface area (Å²) in [5.74, 6) is -4.28. The Labute approximate surface area is 135 Å². The van der Waals surface area contributed by atoms with Crippen LogP contribution >= 0.6 is 0 Å². The van der Waals surface area contributed by atoms with E-state index in [9.17, 15) is 18.0 Å².